The quantitative estimate of drug-likeness (QED) is 0.0220. The number of esters is 3. The van der Waals surface area contributed by atoms with E-state index < -0.39 is 124 Å². The highest BCUT2D eigenvalue weighted by molar-refractivity contribution is 9.09. The average Bonchev–Trinajstić information content (AvgIpc) is 1.57. The van der Waals surface area contributed by atoms with Gasteiger partial charge in [0.2, 0.25) is 11.8 Å². The molecule has 2 aromatic carbocycles. The van der Waals surface area contributed by atoms with Crippen LogP contribution in [0.15, 0.2) is 59.0 Å². The Bertz CT molecular complexity index is 3160. The van der Waals surface area contributed by atoms with Gasteiger partial charge in [-0.2, -0.15) is 0 Å². The topological polar surface area (TPSA) is 314 Å². The number of hydrogen-bond donors (Lipinski definition) is 4. The van der Waals surface area contributed by atoms with Crippen molar-refractivity contribution >= 4 is 112 Å². The molecule has 0 unspecified atom stereocenters. The van der Waals surface area contributed by atoms with E-state index in [4.69, 9.17) is 41.0 Å². The lowest BCUT2D eigenvalue weighted by Crippen LogP contribution is -2.53. The fourth-order valence-electron chi connectivity index (χ4n) is 11.3. The number of fused-ring (bicyclic) bond motifs is 5. The number of carbonyl (C=O) groups excluding carboxylic acids is 9. The van der Waals surface area contributed by atoms with Crippen molar-refractivity contribution in [2.24, 2.45) is 29.4 Å². The number of rotatable bonds is 27. The molecule has 0 radical (unpaired) electrons. The number of unbranched alkanes of at least 4 members (excludes halogenated alkanes) is 2. The second-order valence-corrected chi connectivity index (χ2v) is 28.2. The standard InChI is InChI=1S/C64H88Br2ClN5O17S/c1-36(2)46(30-45(73)18-13-12-14-24-86-61(80)44(34-65)35-66)58(77)70-47(19-16-23-69-62(68)81)49(74)28-42-21-22-43(29-51(42)90(11,83)84)59(78)71(8)40(6)60(79)88-53-31-54(75)72(9)48-27-41(26-38(4)56(48)67)25-37(3)17-15-20-52(85-10)64(82)32-50(87-55(76)33-64)39(5)57-63(53,7)89-57/h15,17,20-22,26-27,29,36,39-40,44,46-47,50,52-53,57,82H,12-14,16,18-19,23-25,28,30-35H2,1-11H3,(H,70,77)(H3,68,69,81)/b20-15+,37-17+/t39-,40+,46+,47+,50+,52-,53+,57+,63+,64-/m1/s1. The van der Waals surface area contributed by atoms with Crippen molar-refractivity contribution in [2.75, 3.05) is 56.2 Å². The number of nitrogens with zero attached hydrogens (tertiary/aromatic N) is 2. The van der Waals surface area contributed by atoms with E-state index in [2.05, 4.69) is 42.5 Å². The first kappa shape index (κ1) is 75.2. The molecule has 0 aromatic heterocycles. The van der Waals surface area contributed by atoms with E-state index >= 15 is 0 Å². The van der Waals surface area contributed by atoms with Crippen molar-refractivity contribution < 1.29 is 80.4 Å². The fourth-order valence-corrected chi connectivity index (χ4v) is 14.1. The van der Waals surface area contributed by atoms with Crippen LogP contribution in [-0.2, 0) is 79.9 Å². The van der Waals surface area contributed by atoms with Crippen LogP contribution in [0.4, 0.5) is 10.5 Å². The summed E-state index contributed by atoms with van der Waals surface area (Å²) in [6.07, 6.45) is 3.24. The van der Waals surface area contributed by atoms with Gasteiger partial charge in [-0.25, -0.2) is 18.0 Å². The molecule has 498 valence electrons. The Morgan fingerprint density at radius 3 is 2.32 bits per heavy atom. The number of allylic oxidation sites excluding steroid dienone is 3. The van der Waals surface area contributed by atoms with Gasteiger partial charge in [-0.1, -0.05) is 100 Å². The molecule has 2 fully saturated rings. The molecular formula is C64H88Br2ClN5O17S. The number of likely N-dealkylation sites (N-methyl/N-ethyl adjacent to an activating group) is 1. The van der Waals surface area contributed by atoms with Crippen LogP contribution in [0.1, 0.15) is 133 Å². The molecule has 0 aliphatic carbocycles. The van der Waals surface area contributed by atoms with Gasteiger partial charge >= 0.3 is 23.9 Å². The Hall–Kier alpha value is -5.57. The summed E-state index contributed by atoms with van der Waals surface area (Å²) < 4.78 is 56.6. The van der Waals surface area contributed by atoms with E-state index in [-0.39, 0.29) is 91.3 Å². The average molecular weight is 1430 g/mol. The summed E-state index contributed by atoms with van der Waals surface area (Å²) in [4.78, 5) is 124. The molecule has 3 aliphatic rings. The number of nitrogens with two attached hydrogens (primary N) is 1. The number of ether oxygens (including phenoxy) is 5. The van der Waals surface area contributed by atoms with Crippen LogP contribution in [0.5, 0.6) is 0 Å². The number of sulfone groups is 1. The van der Waals surface area contributed by atoms with Gasteiger partial charge in [0, 0.05) is 87.7 Å². The van der Waals surface area contributed by atoms with Crippen LogP contribution in [0.2, 0.25) is 5.02 Å². The maximum atomic E-state index is 14.5. The zero-order valence-electron chi connectivity index (χ0n) is 53.2. The van der Waals surface area contributed by atoms with Crippen LogP contribution in [0.3, 0.4) is 0 Å². The lowest BCUT2D eigenvalue weighted by atomic mass is 9.78. The maximum absolute atomic E-state index is 14.5. The van der Waals surface area contributed by atoms with Gasteiger partial charge in [0.1, 0.15) is 41.3 Å². The van der Waals surface area contributed by atoms with Crippen molar-refractivity contribution in [3.05, 3.63) is 81.4 Å². The van der Waals surface area contributed by atoms with E-state index in [0.29, 0.717) is 52.6 Å². The van der Waals surface area contributed by atoms with Gasteiger partial charge < -0.3 is 55.0 Å². The number of carbonyl (C=O) groups is 9. The van der Waals surface area contributed by atoms with Crippen LogP contribution in [-0.4, -0.2) is 171 Å². The Kier molecular flexibility index (Phi) is 27.8. The number of ketones is 2. The number of halogens is 3. The molecule has 10 atom stereocenters. The zero-order chi connectivity index (χ0) is 67.2. The smallest absolute Gasteiger partial charge is 0.328 e. The molecule has 5 amide bonds. The second-order valence-electron chi connectivity index (χ2n) is 24.6. The summed E-state index contributed by atoms with van der Waals surface area (Å²) in [5.74, 6) is -6.76. The lowest BCUT2D eigenvalue weighted by molar-refractivity contribution is -0.187. The number of urea groups is 1. The normalized spacial score (nSPS) is 24.1. The largest absolute Gasteiger partial charge is 0.465 e. The molecule has 4 bridgehead atoms. The minimum Gasteiger partial charge on any atom is -0.465 e. The third kappa shape index (κ3) is 20.2. The number of anilines is 1. The van der Waals surface area contributed by atoms with Crippen LogP contribution in [0.25, 0.3) is 0 Å². The second kappa shape index (κ2) is 33.3. The van der Waals surface area contributed by atoms with Gasteiger partial charge in [-0.15, -0.1) is 0 Å². The van der Waals surface area contributed by atoms with E-state index in [1.54, 1.807) is 53.0 Å². The maximum Gasteiger partial charge on any atom is 0.328 e. The Labute approximate surface area is 550 Å². The van der Waals surface area contributed by atoms with Gasteiger partial charge in [0.05, 0.1) is 53.1 Å². The molecule has 0 saturated carbocycles. The first-order valence-electron chi connectivity index (χ1n) is 30.2. The third-order valence-electron chi connectivity index (χ3n) is 17.1. The molecule has 3 aliphatic heterocycles. The molecular weight excluding hydrogens is 1340 g/mol. The SMILES string of the molecule is CO[C@@H]1/C=C/C=C(\C)Cc2cc(C)c(Cl)c(c2)N(C)C(=O)C[C@H](OC(=O)[C@H](C)N(C)C(=O)c2ccc(CC(=O)[C@H](CCCNC(N)=O)NC(=O)[C@@H](CC(=O)CCCCCOC(=O)C(CBr)CBr)C(C)C)c(S(C)(=O)=O)c2)[C@]2(C)O[C@H]2[C@H](C)[C@@H]2C[C@@]1(O)CC(=O)O2. The summed E-state index contributed by atoms with van der Waals surface area (Å²) in [6, 6.07) is 3.99. The van der Waals surface area contributed by atoms with Gasteiger partial charge in [-0.05, 0) is 107 Å². The number of aryl methyl sites for hydroxylation is 1. The predicted molar refractivity (Wildman–Crippen MR) is 345 cm³/mol. The molecule has 2 aromatic rings. The number of aliphatic hydroxyl groups is 1. The molecule has 5 N–H and O–H groups in total. The number of methoxy groups -OCH3 is 1. The number of Topliss-reactive ketones (excluding diaryl/α,β-unsaturated/α-hetero) is 2. The predicted octanol–water partition coefficient (Wildman–Crippen LogP) is 7.57. The fraction of sp³-hybridized carbons (Fsp3) is 0.609. The number of amides is 5. The van der Waals surface area contributed by atoms with Crippen LogP contribution < -0.4 is 21.3 Å². The number of primary amides is 1. The summed E-state index contributed by atoms with van der Waals surface area (Å²) in [7, 11) is 0.0983. The molecule has 90 heavy (non-hydrogen) atoms. The Balaban J connectivity index is 1.36. The van der Waals surface area contributed by atoms with Crippen molar-refractivity contribution in [3.63, 3.8) is 0 Å². The van der Waals surface area contributed by atoms with E-state index in [0.717, 1.165) is 28.4 Å². The van der Waals surface area contributed by atoms with Crippen LogP contribution in [0, 0.1) is 30.6 Å². The van der Waals surface area contributed by atoms with Gasteiger partial charge in [-0.3, -0.25) is 33.6 Å². The number of benzene rings is 2. The summed E-state index contributed by atoms with van der Waals surface area (Å²) in [5.41, 5.74) is 4.88. The summed E-state index contributed by atoms with van der Waals surface area (Å²) in [6.45, 7) is 12.3. The van der Waals surface area contributed by atoms with E-state index in [1.807, 2.05) is 26.0 Å². The molecule has 26 heteroatoms. The van der Waals surface area contributed by atoms with E-state index in [9.17, 15) is 56.7 Å². The minimum atomic E-state index is -4.19. The van der Waals surface area contributed by atoms with Crippen molar-refractivity contribution in [1.29, 1.82) is 0 Å². The molecule has 5 rings (SSSR count). The highest BCUT2D eigenvalue weighted by atomic mass is 79.9. The van der Waals surface area contributed by atoms with Crippen molar-refractivity contribution in [3.8, 4) is 0 Å². The highest BCUT2D eigenvalue weighted by Gasteiger charge is 2.64. The van der Waals surface area contributed by atoms with Crippen molar-refractivity contribution in [2.45, 2.75) is 178 Å². The molecule has 3 heterocycles. The highest BCUT2D eigenvalue weighted by Crippen LogP contribution is 2.50. The van der Waals surface area contributed by atoms with Gasteiger partial charge in [0.25, 0.3) is 5.91 Å². The van der Waals surface area contributed by atoms with Crippen LogP contribution >= 0.6 is 43.5 Å². The summed E-state index contributed by atoms with van der Waals surface area (Å²) >= 11 is 13.4. The number of epoxide rings is 1. The number of alkyl halides is 2. The lowest BCUT2D eigenvalue weighted by Gasteiger charge is -2.41. The number of hydrogen-bond acceptors (Lipinski definition) is 17. The van der Waals surface area contributed by atoms with E-state index in [1.165, 1.54) is 38.1 Å². The Morgan fingerprint density at radius 2 is 1.69 bits per heavy atom. The van der Waals surface area contributed by atoms with Gasteiger partial charge in [0.15, 0.2) is 15.6 Å². The molecule has 22 nitrogen and oxygen atoms in total. The minimum absolute atomic E-state index is 0.00381. The monoisotopic (exact) mass is 1420 g/mol. The Morgan fingerprint density at radius 1 is 1.00 bits per heavy atom. The zero-order valence-corrected chi connectivity index (χ0v) is 57.9. The molecule has 0 spiro atoms. The third-order valence-corrected chi connectivity index (χ3v) is 20.3. The molecule has 2 saturated heterocycles. The number of nitrogens with one attached hydrogen (secondary N) is 2. The first-order chi connectivity index (χ1) is 42.2. The van der Waals surface area contributed by atoms with Crippen molar-refractivity contribution in [1.82, 2.24) is 15.5 Å². The first-order valence-corrected chi connectivity index (χ1v) is 34.7. The summed E-state index contributed by atoms with van der Waals surface area (Å²) in [5, 5.41) is 18.5.